The Balaban J connectivity index is 1.51. The zero-order valence-corrected chi connectivity index (χ0v) is 14.4. The van der Waals surface area contributed by atoms with Gasteiger partial charge in [0.25, 0.3) is 0 Å². The van der Waals surface area contributed by atoms with Crippen LogP contribution < -0.4 is 0 Å². The van der Waals surface area contributed by atoms with Crippen molar-refractivity contribution in [1.82, 2.24) is 0 Å². The Hall–Kier alpha value is -0.140. The Morgan fingerprint density at radius 1 is 0.591 bits per heavy atom. The Bertz CT molecular complexity index is 348. The van der Waals surface area contributed by atoms with Crippen molar-refractivity contribution >= 4 is 0 Å². The van der Waals surface area contributed by atoms with Crippen LogP contribution in [0.2, 0.25) is 0 Å². The highest BCUT2D eigenvalue weighted by molar-refractivity contribution is 4.90. The zero-order chi connectivity index (χ0) is 15.7. The average molecular weight is 312 g/mol. The summed E-state index contributed by atoms with van der Waals surface area (Å²) in [4.78, 5) is 0. The van der Waals surface area contributed by atoms with Gasteiger partial charge in [-0.15, -0.1) is 0 Å². The molecule has 128 valence electrons. The molecule has 0 amide bonds. The summed E-state index contributed by atoms with van der Waals surface area (Å²) >= 11 is 0. The van der Waals surface area contributed by atoms with Crippen LogP contribution in [-0.4, -0.2) is 12.3 Å². The van der Waals surface area contributed by atoms with E-state index >= 15 is 0 Å². The lowest BCUT2D eigenvalue weighted by Gasteiger charge is -2.43. The lowest BCUT2D eigenvalue weighted by Crippen LogP contribution is -2.37. The normalized spacial score (nSPS) is 50.7. The van der Waals surface area contributed by atoms with Crippen molar-refractivity contribution in [1.29, 1.82) is 0 Å². The van der Waals surface area contributed by atoms with E-state index in [4.69, 9.17) is 0 Å². The van der Waals surface area contributed by atoms with Gasteiger partial charge in [-0.3, -0.25) is 0 Å². The van der Waals surface area contributed by atoms with Crippen molar-refractivity contribution in [2.75, 3.05) is 0 Å². The molecule has 0 aromatic rings. The van der Waals surface area contributed by atoms with E-state index < -0.39 is 12.3 Å². The van der Waals surface area contributed by atoms with E-state index in [0.29, 0.717) is 30.1 Å². The Kier molecular flexibility index (Phi) is 5.45. The zero-order valence-electron chi connectivity index (χ0n) is 14.4. The predicted octanol–water partition coefficient (Wildman–Crippen LogP) is 6.34. The van der Waals surface area contributed by atoms with Crippen LogP contribution >= 0.6 is 0 Å². The molecule has 3 rings (SSSR count). The highest BCUT2D eigenvalue weighted by Crippen LogP contribution is 2.47. The maximum Gasteiger partial charge on any atom is 0.103 e. The smallest absolute Gasteiger partial charge is 0.103 e. The van der Waals surface area contributed by atoms with Gasteiger partial charge in [-0.2, -0.15) is 0 Å². The highest BCUT2D eigenvalue weighted by atomic mass is 19.1. The number of rotatable bonds is 2. The monoisotopic (exact) mass is 312 g/mol. The van der Waals surface area contributed by atoms with Gasteiger partial charge in [0, 0.05) is 0 Å². The van der Waals surface area contributed by atoms with Gasteiger partial charge in [-0.1, -0.05) is 26.7 Å². The first-order valence-electron chi connectivity index (χ1n) is 9.82. The van der Waals surface area contributed by atoms with Crippen LogP contribution in [0, 0.1) is 35.5 Å². The SMILES string of the molecule is CC1CCC(C2CCC(C3CCC(C)C(F)C3)CC2F)CC1. The summed E-state index contributed by atoms with van der Waals surface area (Å²) in [5, 5.41) is 0. The average Bonchev–Trinajstić information content (AvgIpc) is 2.51. The molecule has 0 saturated heterocycles. The quantitative estimate of drug-likeness (QED) is 0.558. The third kappa shape index (κ3) is 3.67. The number of halogens is 2. The summed E-state index contributed by atoms with van der Waals surface area (Å²) in [6.07, 6.45) is 9.58. The molecule has 6 atom stereocenters. The molecule has 0 spiro atoms. The first-order valence-corrected chi connectivity index (χ1v) is 9.82. The summed E-state index contributed by atoms with van der Waals surface area (Å²) in [6, 6.07) is 0. The summed E-state index contributed by atoms with van der Waals surface area (Å²) < 4.78 is 28.8. The molecule has 2 heteroatoms. The summed E-state index contributed by atoms with van der Waals surface area (Å²) in [6.45, 7) is 4.36. The van der Waals surface area contributed by atoms with Crippen molar-refractivity contribution in [3.8, 4) is 0 Å². The summed E-state index contributed by atoms with van der Waals surface area (Å²) in [7, 11) is 0. The molecule has 3 aliphatic rings. The molecule has 3 fully saturated rings. The lowest BCUT2D eigenvalue weighted by molar-refractivity contribution is 0.0215. The molecule has 0 bridgehead atoms. The van der Waals surface area contributed by atoms with E-state index in [1.807, 2.05) is 6.92 Å². The molecule has 0 heterocycles. The first kappa shape index (κ1) is 16.7. The Labute approximate surface area is 135 Å². The van der Waals surface area contributed by atoms with E-state index in [1.54, 1.807) is 0 Å². The maximum atomic E-state index is 14.8. The van der Waals surface area contributed by atoms with Gasteiger partial charge >= 0.3 is 0 Å². The van der Waals surface area contributed by atoms with Crippen LogP contribution in [0.25, 0.3) is 0 Å². The fourth-order valence-electron chi connectivity index (χ4n) is 5.57. The van der Waals surface area contributed by atoms with E-state index in [-0.39, 0.29) is 5.92 Å². The molecule has 3 aliphatic carbocycles. The van der Waals surface area contributed by atoms with Crippen molar-refractivity contribution in [2.24, 2.45) is 35.5 Å². The van der Waals surface area contributed by atoms with Crippen LogP contribution in [0.4, 0.5) is 8.78 Å². The van der Waals surface area contributed by atoms with Gasteiger partial charge in [0.1, 0.15) is 12.3 Å². The Morgan fingerprint density at radius 2 is 1.14 bits per heavy atom. The molecule has 0 aliphatic heterocycles. The minimum atomic E-state index is -0.644. The molecule has 0 aromatic heterocycles. The fraction of sp³-hybridized carbons (Fsp3) is 1.00. The first-order chi connectivity index (χ1) is 10.5. The van der Waals surface area contributed by atoms with Gasteiger partial charge < -0.3 is 0 Å². The molecule has 0 radical (unpaired) electrons. The standard InChI is InChI=1S/C20H34F2/c1-13-3-6-15(7-4-13)18-10-9-17(12-20(18)22)16-8-5-14(2)19(21)11-16/h13-20H,3-12H2,1-2H3. The largest absolute Gasteiger partial charge is 0.247 e. The summed E-state index contributed by atoms with van der Waals surface area (Å²) in [5.41, 5.74) is 0. The third-order valence-electron chi connectivity index (χ3n) is 7.33. The topological polar surface area (TPSA) is 0 Å². The molecule has 0 N–H and O–H groups in total. The predicted molar refractivity (Wildman–Crippen MR) is 88.3 cm³/mol. The minimum absolute atomic E-state index is 0.220. The number of hydrogen-bond acceptors (Lipinski definition) is 0. The van der Waals surface area contributed by atoms with Crippen LogP contribution in [0.5, 0.6) is 0 Å². The second-order valence-corrected chi connectivity index (χ2v) is 8.84. The molecule has 22 heavy (non-hydrogen) atoms. The maximum absolute atomic E-state index is 14.8. The van der Waals surface area contributed by atoms with E-state index in [9.17, 15) is 8.78 Å². The van der Waals surface area contributed by atoms with Gasteiger partial charge in [0.15, 0.2) is 0 Å². The van der Waals surface area contributed by atoms with Gasteiger partial charge in [0.05, 0.1) is 0 Å². The number of hydrogen-bond donors (Lipinski definition) is 0. The van der Waals surface area contributed by atoms with Crippen LogP contribution in [0.3, 0.4) is 0 Å². The lowest BCUT2D eigenvalue weighted by atomic mass is 9.64. The molecule has 3 saturated carbocycles. The molecular weight excluding hydrogens is 278 g/mol. The highest BCUT2D eigenvalue weighted by Gasteiger charge is 2.40. The molecule has 0 aromatic carbocycles. The molecular formula is C20H34F2. The van der Waals surface area contributed by atoms with Crippen molar-refractivity contribution in [2.45, 2.75) is 90.4 Å². The molecule has 6 unspecified atom stereocenters. The second-order valence-electron chi connectivity index (χ2n) is 8.84. The van der Waals surface area contributed by atoms with Crippen molar-refractivity contribution < 1.29 is 8.78 Å². The molecule has 0 nitrogen and oxygen atoms in total. The van der Waals surface area contributed by atoms with E-state index in [1.165, 1.54) is 25.7 Å². The van der Waals surface area contributed by atoms with Crippen LogP contribution in [0.15, 0.2) is 0 Å². The number of alkyl halides is 2. The third-order valence-corrected chi connectivity index (χ3v) is 7.33. The second kappa shape index (κ2) is 7.18. The fourth-order valence-corrected chi connectivity index (χ4v) is 5.57. The van der Waals surface area contributed by atoms with E-state index in [0.717, 1.165) is 38.0 Å². The van der Waals surface area contributed by atoms with Crippen LogP contribution in [0.1, 0.15) is 78.1 Å². The van der Waals surface area contributed by atoms with Crippen LogP contribution in [-0.2, 0) is 0 Å². The van der Waals surface area contributed by atoms with Gasteiger partial charge in [-0.05, 0) is 86.9 Å². The Morgan fingerprint density at radius 3 is 1.73 bits per heavy atom. The van der Waals surface area contributed by atoms with Gasteiger partial charge in [0.2, 0.25) is 0 Å². The van der Waals surface area contributed by atoms with Crippen molar-refractivity contribution in [3.63, 3.8) is 0 Å². The minimum Gasteiger partial charge on any atom is -0.247 e. The van der Waals surface area contributed by atoms with Gasteiger partial charge in [-0.25, -0.2) is 8.78 Å². The summed E-state index contributed by atoms with van der Waals surface area (Å²) in [5.74, 6) is 2.92. The van der Waals surface area contributed by atoms with Crippen molar-refractivity contribution in [3.05, 3.63) is 0 Å². The van der Waals surface area contributed by atoms with E-state index in [2.05, 4.69) is 6.92 Å².